The van der Waals surface area contributed by atoms with Crippen LogP contribution in [-0.2, 0) is 0 Å². The summed E-state index contributed by atoms with van der Waals surface area (Å²) in [4.78, 5) is 0. The minimum absolute atomic E-state index is 0.0990. The van der Waals surface area contributed by atoms with Crippen molar-refractivity contribution in [2.75, 3.05) is 0 Å². The van der Waals surface area contributed by atoms with Crippen LogP contribution in [0.15, 0.2) is 24.3 Å². The summed E-state index contributed by atoms with van der Waals surface area (Å²) in [6, 6.07) is 8.32. The Hall–Kier alpha value is -1.02. The van der Waals surface area contributed by atoms with Gasteiger partial charge in [0, 0.05) is 6.04 Å². The van der Waals surface area contributed by atoms with E-state index in [1.165, 1.54) is 44.1 Å². The summed E-state index contributed by atoms with van der Waals surface area (Å²) in [5, 5.41) is 0. The van der Waals surface area contributed by atoms with Crippen molar-refractivity contribution in [2.24, 2.45) is 5.73 Å². The quantitative estimate of drug-likeness (QED) is 0.806. The first-order valence-electron chi connectivity index (χ1n) is 6.78. The van der Waals surface area contributed by atoms with E-state index in [4.69, 9.17) is 10.5 Å². The van der Waals surface area contributed by atoms with Crippen LogP contribution >= 0.6 is 0 Å². The van der Waals surface area contributed by atoms with Gasteiger partial charge in [0.05, 0.1) is 6.10 Å². The summed E-state index contributed by atoms with van der Waals surface area (Å²) >= 11 is 0. The smallest absolute Gasteiger partial charge is 0.119 e. The number of ether oxygens (including phenoxy) is 1. The molecule has 1 fully saturated rings. The zero-order valence-corrected chi connectivity index (χ0v) is 10.7. The Morgan fingerprint density at radius 3 is 2.18 bits per heavy atom. The SMILES string of the molecule is CC(N)c1ccc(OC2CCCCCC2)cc1. The largest absolute Gasteiger partial charge is 0.490 e. The third-order valence-electron chi connectivity index (χ3n) is 3.51. The van der Waals surface area contributed by atoms with Crippen LogP contribution in [0.1, 0.15) is 57.1 Å². The summed E-state index contributed by atoms with van der Waals surface area (Å²) < 4.78 is 6.03. The molecule has 2 heteroatoms. The summed E-state index contributed by atoms with van der Waals surface area (Å²) in [6.45, 7) is 2.00. The van der Waals surface area contributed by atoms with Gasteiger partial charge in [-0.05, 0) is 50.3 Å². The molecule has 0 radical (unpaired) electrons. The van der Waals surface area contributed by atoms with Crippen molar-refractivity contribution in [1.82, 2.24) is 0 Å². The van der Waals surface area contributed by atoms with Crippen LogP contribution in [0.5, 0.6) is 5.75 Å². The fourth-order valence-corrected chi connectivity index (χ4v) is 2.40. The molecular weight excluding hydrogens is 210 g/mol. The Labute approximate surface area is 104 Å². The van der Waals surface area contributed by atoms with E-state index in [1.807, 2.05) is 19.1 Å². The van der Waals surface area contributed by atoms with E-state index in [0.29, 0.717) is 6.10 Å². The predicted octanol–water partition coefficient (Wildman–Crippen LogP) is 3.81. The van der Waals surface area contributed by atoms with E-state index in [2.05, 4.69) is 12.1 Å². The fourth-order valence-electron chi connectivity index (χ4n) is 2.40. The second kappa shape index (κ2) is 6.06. The van der Waals surface area contributed by atoms with E-state index in [1.54, 1.807) is 0 Å². The van der Waals surface area contributed by atoms with Crippen LogP contribution in [0, 0.1) is 0 Å². The van der Waals surface area contributed by atoms with Gasteiger partial charge in [-0.1, -0.05) is 25.0 Å². The Bertz CT molecular complexity index is 323. The van der Waals surface area contributed by atoms with Gasteiger partial charge in [-0.15, -0.1) is 0 Å². The highest BCUT2D eigenvalue weighted by Crippen LogP contribution is 2.23. The Morgan fingerprint density at radius 1 is 1.06 bits per heavy atom. The van der Waals surface area contributed by atoms with E-state index < -0.39 is 0 Å². The molecule has 0 heterocycles. The zero-order chi connectivity index (χ0) is 12.1. The van der Waals surface area contributed by atoms with Crippen LogP contribution in [0.3, 0.4) is 0 Å². The first kappa shape index (κ1) is 12.4. The van der Waals surface area contributed by atoms with Crippen molar-refractivity contribution in [3.8, 4) is 5.75 Å². The summed E-state index contributed by atoms with van der Waals surface area (Å²) in [6.07, 6.45) is 8.17. The fraction of sp³-hybridized carbons (Fsp3) is 0.600. The number of hydrogen-bond acceptors (Lipinski definition) is 2. The first-order chi connectivity index (χ1) is 8.25. The lowest BCUT2D eigenvalue weighted by molar-refractivity contribution is 0.183. The van der Waals surface area contributed by atoms with Crippen LogP contribution in [0.25, 0.3) is 0 Å². The van der Waals surface area contributed by atoms with Gasteiger partial charge in [0.15, 0.2) is 0 Å². The van der Waals surface area contributed by atoms with Crippen LogP contribution in [0.2, 0.25) is 0 Å². The summed E-state index contributed by atoms with van der Waals surface area (Å²) in [7, 11) is 0. The Kier molecular flexibility index (Phi) is 4.43. The van der Waals surface area contributed by atoms with Gasteiger partial charge in [0.25, 0.3) is 0 Å². The third kappa shape index (κ3) is 3.74. The maximum absolute atomic E-state index is 6.03. The molecule has 1 aliphatic rings. The number of nitrogens with two attached hydrogens (primary N) is 1. The molecule has 0 aromatic heterocycles. The third-order valence-corrected chi connectivity index (χ3v) is 3.51. The molecule has 0 bridgehead atoms. The van der Waals surface area contributed by atoms with Gasteiger partial charge in [-0.25, -0.2) is 0 Å². The average Bonchev–Trinajstić information content (AvgIpc) is 2.58. The number of hydrogen-bond donors (Lipinski definition) is 1. The number of benzene rings is 1. The first-order valence-corrected chi connectivity index (χ1v) is 6.78. The minimum atomic E-state index is 0.0990. The van der Waals surface area contributed by atoms with Gasteiger partial charge >= 0.3 is 0 Å². The molecule has 17 heavy (non-hydrogen) atoms. The van der Waals surface area contributed by atoms with Crippen molar-refractivity contribution >= 4 is 0 Å². The van der Waals surface area contributed by atoms with E-state index in [0.717, 1.165) is 5.75 Å². The lowest BCUT2D eigenvalue weighted by Crippen LogP contribution is -2.15. The lowest BCUT2D eigenvalue weighted by Gasteiger charge is -2.17. The van der Waals surface area contributed by atoms with Gasteiger partial charge < -0.3 is 10.5 Å². The summed E-state index contributed by atoms with van der Waals surface area (Å²) in [5.74, 6) is 0.987. The highest BCUT2D eigenvalue weighted by Gasteiger charge is 2.13. The van der Waals surface area contributed by atoms with Crippen molar-refractivity contribution in [1.29, 1.82) is 0 Å². The second-order valence-electron chi connectivity index (χ2n) is 5.09. The van der Waals surface area contributed by atoms with E-state index in [-0.39, 0.29) is 6.04 Å². The molecule has 1 aromatic rings. The normalized spacial score (nSPS) is 19.6. The molecule has 0 saturated heterocycles. The molecule has 1 saturated carbocycles. The molecule has 2 nitrogen and oxygen atoms in total. The second-order valence-corrected chi connectivity index (χ2v) is 5.09. The summed E-state index contributed by atoms with van der Waals surface area (Å²) in [5.41, 5.74) is 6.99. The van der Waals surface area contributed by atoms with Crippen LogP contribution in [-0.4, -0.2) is 6.10 Å². The molecule has 0 spiro atoms. The average molecular weight is 233 g/mol. The highest BCUT2D eigenvalue weighted by molar-refractivity contribution is 5.28. The van der Waals surface area contributed by atoms with Gasteiger partial charge in [-0.3, -0.25) is 0 Å². The molecule has 94 valence electrons. The number of rotatable bonds is 3. The Morgan fingerprint density at radius 2 is 1.65 bits per heavy atom. The Balaban J connectivity index is 1.93. The monoisotopic (exact) mass is 233 g/mol. The molecule has 0 amide bonds. The minimum Gasteiger partial charge on any atom is -0.490 e. The maximum Gasteiger partial charge on any atom is 0.119 e. The lowest BCUT2D eigenvalue weighted by atomic mass is 10.1. The van der Waals surface area contributed by atoms with Crippen molar-refractivity contribution in [2.45, 2.75) is 57.6 Å². The van der Waals surface area contributed by atoms with E-state index in [9.17, 15) is 0 Å². The zero-order valence-electron chi connectivity index (χ0n) is 10.7. The molecule has 1 aromatic carbocycles. The molecule has 1 aliphatic carbocycles. The standard InChI is InChI=1S/C15H23NO/c1-12(16)13-8-10-15(11-9-13)17-14-6-4-2-3-5-7-14/h8-12,14H,2-7,16H2,1H3. The van der Waals surface area contributed by atoms with Crippen molar-refractivity contribution < 1.29 is 4.74 Å². The molecule has 2 rings (SSSR count). The highest BCUT2D eigenvalue weighted by atomic mass is 16.5. The van der Waals surface area contributed by atoms with Gasteiger partial charge in [-0.2, -0.15) is 0 Å². The van der Waals surface area contributed by atoms with E-state index >= 15 is 0 Å². The molecule has 1 unspecified atom stereocenters. The van der Waals surface area contributed by atoms with Crippen molar-refractivity contribution in [3.05, 3.63) is 29.8 Å². The van der Waals surface area contributed by atoms with Crippen LogP contribution < -0.4 is 10.5 Å². The predicted molar refractivity (Wildman–Crippen MR) is 71.2 cm³/mol. The molecule has 1 atom stereocenters. The van der Waals surface area contributed by atoms with Crippen LogP contribution in [0.4, 0.5) is 0 Å². The van der Waals surface area contributed by atoms with Gasteiger partial charge in [0.1, 0.15) is 5.75 Å². The molecular formula is C15H23NO. The molecule has 0 aliphatic heterocycles. The topological polar surface area (TPSA) is 35.2 Å². The van der Waals surface area contributed by atoms with Gasteiger partial charge in [0.2, 0.25) is 0 Å². The molecule has 2 N–H and O–H groups in total. The van der Waals surface area contributed by atoms with Crippen molar-refractivity contribution in [3.63, 3.8) is 0 Å². The maximum atomic E-state index is 6.03.